The van der Waals surface area contributed by atoms with Crippen LogP contribution in [-0.2, 0) is 4.79 Å². The van der Waals surface area contributed by atoms with E-state index in [9.17, 15) is 4.79 Å². The Bertz CT molecular complexity index is 659. The van der Waals surface area contributed by atoms with E-state index in [2.05, 4.69) is 30.4 Å². The van der Waals surface area contributed by atoms with E-state index in [1.54, 1.807) is 24.3 Å². The summed E-state index contributed by atoms with van der Waals surface area (Å²) in [6.07, 6.45) is 0. The minimum Gasteiger partial charge on any atom is -0.330 e. The highest BCUT2D eigenvalue weighted by molar-refractivity contribution is 5.93. The second-order valence-corrected chi connectivity index (χ2v) is 5.36. The van der Waals surface area contributed by atoms with Crippen LogP contribution in [-0.4, -0.2) is 11.9 Å². The van der Waals surface area contributed by atoms with Gasteiger partial charge < -0.3 is 10.6 Å². The molecule has 22 heavy (non-hydrogen) atoms. The van der Waals surface area contributed by atoms with Crippen molar-refractivity contribution >= 4 is 11.6 Å². The predicted molar refractivity (Wildman–Crippen MR) is 86.0 cm³/mol. The summed E-state index contributed by atoms with van der Waals surface area (Å²) >= 11 is 0. The maximum Gasteiger partial charge on any atom is 0.282 e. The number of rotatable bonds is 5. The van der Waals surface area contributed by atoms with Crippen LogP contribution in [0.1, 0.15) is 31.0 Å². The Balaban J connectivity index is 1.93. The van der Waals surface area contributed by atoms with Gasteiger partial charge in [0.25, 0.3) is 5.91 Å². The molecule has 0 heterocycles. The highest BCUT2D eigenvalue weighted by Gasteiger charge is 2.20. The van der Waals surface area contributed by atoms with Crippen molar-refractivity contribution in [1.82, 2.24) is 0 Å². The largest absolute Gasteiger partial charge is 0.330 e. The normalized spacial score (nSPS) is 13.0. The summed E-state index contributed by atoms with van der Waals surface area (Å²) in [6.45, 7) is 3.97. The van der Waals surface area contributed by atoms with Crippen molar-refractivity contribution < 1.29 is 10.1 Å². The first kappa shape index (κ1) is 15.7. The first-order valence-corrected chi connectivity index (χ1v) is 7.31. The number of benzene rings is 2. The second-order valence-electron chi connectivity index (χ2n) is 5.36. The Morgan fingerprint density at radius 2 is 1.73 bits per heavy atom. The number of carbonyl (C=O) groups excluding carboxylic acids is 1. The zero-order valence-corrected chi connectivity index (χ0v) is 12.8. The minimum atomic E-state index is -0.203. The lowest BCUT2D eigenvalue weighted by Gasteiger charge is -2.16. The zero-order valence-electron chi connectivity index (χ0n) is 12.8. The summed E-state index contributed by atoms with van der Waals surface area (Å²) in [5.74, 6) is -0.0486. The Morgan fingerprint density at radius 3 is 2.32 bits per heavy atom. The number of anilines is 1. The van der Waals surface area contributed by atoms with Gasteiger partial charge in [-0.3, -0.25) is 4.79 Å². The van der Waals surface area contributed by atoms with Gasteiger partial charge in [-0.2, -0.15) is 5.26 Å². The summed E-state index contributed by atoms with van der Waals surface area (Å²) < 4.78 is 0. The average Bonchev–Trinajstić information content (AvgIpc) is 2.56. The molecule has 0 aliphatic rings. The third-order valence-corrected chi connectivity index (χ3v) is 3.60. The fourth-order valence-corrected chi connectivity index (χ4v) is 2.27. The zero-order chi connectivity index (χ0) is 15.9. The molecule has 0 aliphatic heterocycles. The SMILES string of the molecule is C[C@H]([NH2+][C@H](C)C(=O)Nc1ccc(C#N)cc1)c1ccccc1. The van der Waals surface area contributed by atoms with Crippen molar-refractivity contribution in [3.8, 4) is 6.07 Å². The number of nitrogens with zero attached hydrogens (tertiary/aromatic N) is 1. The van der Waals surface area contributed by atoms with Crippen molar-refractivity contribution in [3.05, 3.63) is 65.7 Å². The van der Waals surface area contributed by atoms with Gasteiger partial charge in [0, 0.05) is 11.3 Å². The lowest BCUT2D eigenvalue weighted by atomic mass is 10.1. The summed E-state index contributed by atoms with van der Waals surface area (Å²) in [4.78, 5) is 12.2. The Hall–Kier alpha value is -2.64. The molecule has 2 rings (SSSR count). The molecule has 2 aromatic rings. The maximum absolute atomic E-state index is 12.2. The quantitative estimate of drug-likeness (QED) is 0.887. The van der Waals surface area contributed by atoms with Gasteiger partial charge in [-0.1, -0.05) is 30.3 Å². The predicted octanol–water partition coefficient (Wildman–Crippen LogP) is 2.21. The second kappa shape index (κ2) is 7.39. The Kier molecular flexibility index (Phi) is 5.29. The van der Waals surface area contributed by atoms with Gasteiger partial charge in [0.15, 0.2) is 6.04 Å². The number of amides is 1. The molecule has 0 saturated heterocycles. The van der Waals surface area contributed by atoms with E-state index < -0.39 is 0 Å². The summed E-state index contributed by atoms with van der Waals surface area (Å²) in [7, 11) is 0. The summed E-state index contributed by atoms with van der Waals surface area (Å²) in [6, 6.07) is 19.0. The molecule has 3 N–H and O–H groups in total. The fourth-order valence-electron chi connectivity index (χ4n) is 2.27. The number of nitrogens with one attached hydrogen (secondary N) is 1. The van der Waals surface area contributed by atoms with Crippen molar-refractivity contribution in [3.63, 3.8) is 0 Å². The van der Waals surface area contributed by atoms with Gasteiger partial charge in [0.05, 0.1) is 11.6 Å². The van der Waals surface area contributed by atoms with Gasteiger partial charge in [0.1, 0.15) is 6.04 Å². The number of hydrogen-bond donors (Lipinski definition) is 2. The molecule has 0 unspecified atom stereocenters. The van der Waals surface area contributed by atoms with Crippen molar-refractivity contribution in [2.45, 2.75) is 25.9 Å². The maximum atomic E-state index is 12.2. The van der Waals surface area contributed by atoms with Crippen LogP contribution < -0.4 is 10.6 Å². The number of hydrogen-bond acceptors (Lipinski definition) is 2. The molecule has 112 valence electrons. The molecule has 0 fully saturated rings. The molecule has 4 nitrogen and oxygen atoms in total. The van der Waals surface area contributed by atoms with Crippen LogP contribution in [0.5, 0.6) is 0 Å². The average molecular weight is 294 g/mol. The molecule has 2 aromatic carbocycles. The van der Waals surface area contributed by atoms with E-state index in [4.69, 9.17) is 5.26 Å². The van der Waals surface area contributed by atoms with Crippen molar-refractivity contribution in [2.75, 3.05) is 5.32 Å². The van der Waals surface area contributed by atoms with Gasteiger partial charge in [-0.05, 0) is 38.1 Å². The molecule has 1 amide bonds. The Labute approximate surface area is 130 Å². The van der Waals surface area contributed by atoms with Crippen molar-refractivity contribution in [2.24, 2.45) is 0 Å². The van der Waals surface area contributed by atoms with Crippen LogP contribution in [0, 0.1) is 11.3 Å². The van der Waals surface area contributed by atoms with E-state index in [0.717, 1.165) is 0 Å². The molecule has 0 saturated carbocycles. The van der Waals surface area contributed by atoms with Crippen LogP contribution in [0.15, 0.2) is 54.6 Å². The van der Waals surface area contributed by atoms with Gasteiger partial charge in [-0.25, -0.2) is 0 Å². The number of nitrogens with two attached hydrogens (primary N) is 1. The van der Waals surface area contributed by atoms with Gasteiger partial charge >= 0.3 is 0 Å². The molecule has 0 aliphatic carbocycles. The lowest BCUT2D eigenvalue weighted by molar-refractivity contribution is -0.709. The number of quaternary nitrogens is 1. The van der Waals surface area contributed by atoms with Crippen LogP contribution >= 0.6 is 0 Å². The molecular weight excluding hydrogens is 274 g/mol. The fraction of sp³-hybridized carbons (Fsp3) is 0.222. The van der Waals surface area contributed by atoms with Crippen LogP contribution in [0.4, 0.5) is 5.69 Å². The number of nitriles is 1. The topological polar surface area (TPSA) is 69.5 Å². The first-order valence-electron chi connectivity index (χ1n) is 7.31. The third-order valence-electron chi connectivity index (χ3n) is 3.60. The van der Waals surface area contributed by atoms with E-state index in [-0.39, 0.29) is 18.0 Å². The minimum absolute atomic E-state index is 0.0486. The molecule has 2 atom stereocenters. The molecule has 0 radical (unpaired) electrons. The monoisotopic (exact) mass is 294 g/mol. The summed E-state index contributed by atoms with van der Waals surface area (Å²) in [5.41, 5.74) is 2.48. The van der Waals surface area contributed by atoms with E-state index in [1.807, 2.05) is 30.4 Å². The number of carbonyl (C=O) groups is 1. The molecule has 0 bridgehead atoms. The molecular formula is C18H20N3O+. The van der Waals surface area contributed by atoms with Crippen molar-refractivity contribution in [1.29, 1.82) is 5.26 Å². The smallest absolute Gasteiger partial charge is 0.282 e. The van der Waals surface area contributed by atoms with Crippen LogP contribution in [0.2, 0.25) is 0 Å². The summed E-state index contributed by atoms with van der Waals surface area (Å²) in [5, 5.41) is 13.7. The third kappa shape index (κ3) is 4.18. The van der Waals surface area contributed by atoms with E-state index >= 15 is 0 Å². The van der Waals surface area contributed by atoms with Crippen LogP contribution in [0.25, 0.3) is 0 Å². The van der Waals surface area contributed by atoms with E-state index in [1.165, 1.54) is 5.56 Å². The highest BCUT2D eigenvalue weighted by Crippen LogP contribution is 2.10. The molecule has 0 aromatic heterocycles. The molecule has 4 heteroatoms. The molecule has 0 spiro atoms. The Morgan fingerprint density at radius 1 is 1.09 bits per heavy atom. The highest BCUT2D eigenvalue weighted by atomic mass is 16.2. The van der Waals surface area contributed by atoms with Gasteiger partial charge in [-0.15, -0.1) is 0 Å². The lowest BCUT2D eigenvalue weighted by Crippen LogP contribution is -2.91. The van der Waals surface area contributed by atoms with Gasteiger partial charge in [0.2, 0.25) is 0 Å². The van der Waals surface area contributed by atoms with E-state index in [0.29, 0.717) is 11.3 Å². The standard InChI is InChI=1S/C18H19N3O/c1-13(16-6-4-3-5-7-16)20-14(2)18(22)21-17-10-8-15(12-19)9-11-17/h3-11,13-14,20H,1-2H3,(H,21,22)/p+1/t13-,14+/m0/s1. The first-order chi connectivity index (χ1) is 10.6. The van der Waals surface area contributed by atoms with Crippen LogP contribution in [0.3, 0.4) is 0 Å².